The molecule has 0 aliphatic heterocycles. The van der Waals surface area contributed by atoms with E-state index in [0.29, 0.717) is 0 Å². The van der Waals surface area contributed by atoms with Crippen LogP contribution >= 0.6 is 0 Å². The van der Waals surface area contributed by atoms with Crippen LogP contribution in [0.1, 0.15) is 26.7 Å². The van der Waals surface area contributed by atoms with E-state index in [9.17, 15) is 0 Å². The molecule has 17 heavy (non-hydrogen) atoms. The van der Waals surface area contributed by atoms with Gasteiger partial charge in [0.1, 0.15) is 0 Å². The Bertz CT molecular complexity index is 313. The molecule has 1 aromatic rings. The Morgan fingerprint density at radius 2 is 1.76 bits per heavy atom. The molecule has 1 N–H and O–H groups in total. The van der Waals surface area contributed by atoms with Gasteiger partial charge < -0.3 is 9.55 Å². The van der Waals surface area contributed by atoms with Gasteiger partial charge in [-0.25, -0.2) is 0 Å². The molecule has 0 heterocycles. The van der Waals surface area contributed by atoms with Gasteiger partial charge in [-0.2, -0.15) is 0 Å². The summed E-state index contributed by atoms with van der Waals surface area (Å²) in [5, 5.41) is 1.50. The first-order valence-electron chi connectivity index (χ1n) is 6.65. The summed E-state index contributed by atoms with van der Waals surface area (Å²) in [5.74, 6) is 0. The van der Waals surface area contributed by atoms with Crippen molar-refractivity contribution in [2.24, 2.45) is 0 Å². The van der Waals surface area contributed by atoms with Gasteiger partial charge in [0, 0.05) is 0 Å². The van der Waals surface area contributed by atoms with Crippen LogP contribution < -0.4 is 10.2 Å². The minimum atomic E-state index is -1.69. The van der Waals surface area contributed by atoms with Crippen molar-refractivity contribution < 1.29 is 0 Å². The Kier molecular flexibility index (Phi) is 5.89. The highest BCUT2D eigenvalue weighted by Gasteiger charge is 2.36. The van der Waals surface area contributed by atoms with Gasteiger partial charge in [-0.3, -0.25) is 0 Å². The third-order valence-electron chi connectivity index (χ3n) is 3.38. The number of rotatable bonds is 7. The lowest BCUT2D eigenvalue weighted by Gasteiger charge is -2.38. The summed E-state index contributed by atoms with van der Waals surface area (Å²) in [6.07, 6.45) is 2.56. The topological polar surface area (TPSA) is 15.3 Å². The lowest BCUT2D eigenvalue weighted by molar-refractivity contribution is 0.586. The molecule has 2 nitrogen and oxygen atoms in total. The summed E-state index contributed by atoms with van der Waals surface area (Å²) >= 11 is 0. The number of nitrogens with one attached hydrogen (secondary N) is 1. The number of benzene rings is 1. The van der Waals surface area contributed by atoms with Crippen molar-refractivity contribution in [3.63, 3.8) is 0 Å². The van der Waals surface area contributed by atoms with E-state index in [4.69, 9.17) is 0 Å². The van der Waals surface area contributed by atoms with Crippen LogP contribution in [0.15, 0.2) is 30.3 Å². The van der Waals surface area contributed by atoms with Gasteiger partial charge in [0.2, 0.25) is 8.40 Å². The van der Waals surface area contributed by atoms with Crippen molar-refractivity contribution in [2.75, 3.05) is 20.6 Å². The Balaban J connectivity index is 3.05. The van der Waals surface area contributed by atoms with Crippen LogP contribution in [0.3, 0.4) is 0 Å². The van der Waals surface area contributed by atoms with E-state index in [2.05, 4.69) is 67.8 Å². The van der Waals surface area contributed by atoms with Crippen molar-refractivity contribution >= 4 is 13.6 Å². The fourth-order valence-corrected chi connectivity index (χ4v) is 6.56. The van der Waals surface area contributed by atoms with Crippen molar-refractivity contribution in [3.8, 4) is 0 Å². The Hall–Kier alpha value is -0.643. The van der Waals surface area contributed by atoms with Crippen LogP contribution in [-0.4, -0.2) is 33.6 Å². The zero-order chi connectivity index (χ0) is 12.7. The van der Waals surface area contributed by atoms with Crippen LogP contribution in [0.5, 0.6) is 0 Å². The molecule has 1 rings (SSSR count). The van der Waals surface area contributed by atoms with Gasteiger partial charge in [0.15, 0.2) is 0 Å². The lowest BCUT2D eigenvalue weighted by atomic mass is 10.4. The molecule has 96 valence electrons. The molecule has 0 bridgehead atoms. The quantitative estimate of drug-likeness (QED) is 0.747. The van der Waals surface area contributed by atoms with E-state index in [1.54, 1.807) is 0 Å². The fraction of sp³-hybridized carbons (Fsp3) is 0.571. The predicted octanol–water partition coefficient (Wildman–Crippen LogP) is 2.31. The van der Waals surface area contributed by atoms with E-state index < -0.39 is 8.40 Å². The summed E-state index contributed by atoms with van der Waals surface area (Å²) in [7, 11) is 2.75. The molecule has 0 aliphatic carbocycles. The van der Waals surface area contributed by atoms with Crippen molar-refractivity contribution in [1.82, 2.24) is 9.55 Å². The second-order valence-electron chi connectivity index (χ2n) is 4.75. The van der Waals surface area contributed by atoms with Gasteiger partial charge >= 0.3 is 0 Å². The minimum absolute atomic E-state index is 1.04. The van der Waals surface area contributed by atoms with E-state index in [-0.39, 0.29) is 0 Å². The molecular formula is C14H26N2Si. The average Bonchev–Trinajstić information content (AvgIpc) is 2.35. The standard InChI is InChI=1S/C14H26N2Si/c1-5-7-13-17(15-6-2,16(3)4)14-11-9-8-10-12-14/h8-12,15H,5-7,13H2,1-4H3. The molecule has 1 aromatic carbocycles. The van der Waals surface area contributed by atoms with Crippen LogP contribution in [0.25, 0.3) is 0 Å². The van der Waals surface area contributed by atoms with Crippen molar-refractivity contribution in [2.45, 2.75) is 32.7 Å². The third kappa shape index (κ3) is 3.41. The molecule has 0 fully saturated rings. The molecular weight excluding hydrogens is 224 g/mol. The van der Waals surface area contributed by atoms with Crippen LogP contribution in [-0.2, 0) is 0 Å². The molecule has 0 aromatic heterocycles. The molecule has 1 atom stereocenters. The zero-order valence-electron chi connectivity index (χ0n) is 11.7. The highest BCUT2D eigenvalue weighted by Crippen LogP contribution is 2.14. The highest BCUT2D eigenvalue weighted by molar-refractivity contribution is 6.87. The normalized spacial score (nSPS) is 14.9. The Morgan fingerprint density at radius 3 is 2.24 bits per heavy atom. The van der Waals surface area contributed by atoms with Crippen LogP contribution in [0.4, 0.5) is 0 Å². The number of unbranched alkanes of at least 4 members (excludes halogenated alkanes) is 1. The SMILES string of the molecule is CCCC[Si](NCC)(c1ccccc1)N(C)C. The number of hydrogen-bond acceptors (Lipinski definition) is 2. The van der Waals surface area contributed by atoms with Gasteiger partial charge in [0.25, 0.3) is 0 Å². The number of nitrogens with zero attached hydrogens (tertiary/aromatic N) is 1. The first kappa shape index (κ1) is 14.4. The number of hydrogen-bond donors (Lipinski definition) is 1. The summed E-state index contributed by atoms with van der Waals surface area (Å²) in [4.78, 5) is 3.81. The maximum atomic E-state index is 3.81. The van der Waals surface area contributed by atoms with E-state index in [1.165, 1.54) is 24.1 Å². The van der Waals surface area contributed by atoms with Gasteiger partial charge in [0.05, 0.1) is 0 Å². The Morgan fingerprint density at radius 1 is 1.12 bits per heavy atom. The van der Waals surface area contributed by atoms with E-state index >= 15 is 0 Å². The molecule has 0 amide bonds. The van der Waals surface area contributed by atoms with Gasteiger partial charge in [-0.05, 0) is 31.9 Å². The second-order valence-corrected chi connectivity index (χ2v) is 8.80. The van der Waals surface area contributed by atoms with Crippen LogP contribution in [0, 0.1) is 0 Å². The zero-order valence-corrected chi connectivity index (χ0v) is 12.7. The molecule has 0 saturated heterocycles. The smallest absolute Gasteiger partial charge is 0.236 e. The van der Waals surface area contributed by atoms with Gasteiger partial charge in [-0.15, -0.1) is 0 Å². The third-order valence-corrected chi connectivity index (χ3v) is 8.21. The van der Waals surface area contributed by atoms with E-state index in [0.717, 1.165) is 6.54 Å². The summed E-state index contributed by atoms with van der Waals surface area (Å²) in [6, 6.07) is 12.3. The van der Waals surface area contributed by atoms with E-state index in [1.807, 2.05) is 0 Å². The molecule has 1 unspecified atom stereocenters. The first-order chi connectivity index (χ1) is 8.17. The highest BCUT2D eigenvalue weighted by atomic mass is 28.3. The summed E-state index contributed by atoms with van der Waals surface area (Å²) in [6.45, 7) is 5.52. The largest absolute Gasteiger partial charge is 0.322 e. The summed E-state index contributed by atoms with van der Waals surface area (Å²) < 4.78 is 2.45. The minimum Gasteiger partial charge on any atom is -0.322 e. The molecule has 0 spiro atoms. The van der Waals surface area contributed by atoms with Crippen molar-refractivity contribution in [3.05, 3.63) is 30.3 Å². The predicted molar refractivity (Wildman–Crippen MR) is 78.9 cm³/mol. The maximum Gasteiger partial charge on any atom is 0.236 e. The Labute approximate surface area is 107 Å². The second kappa shape index (κ2) is 6.94. The molecule has 0 aliphatic rings. The molecule has 0 saturated carbocycles. The molecule has 3 heteroatoms. The van der Waals surface area contributed by atoms with Gasteiger partial charge in [-0.1, -0.05) is 57.0 Å². The average molecular weight is 250 g/mol. The molecule has 0 radical (unpaired) electrons. The summed E-state index contributed by atoms with van der Waals surface area (Å²) in [5.41, 5.74) is 0. The lowest BCUT2D eigenvalue weighted by Crippen LogP contribution is -2.69. The maximum absolute atomic E-state index is 3.81. The fourth-order valence-electron chi connectivity index (χ4n) is 2.41. The van der Waals surface area contributed by atoms with Crippen LogP contribution in [0.2, 0.25) is 6.04 Å². The van der Waals surface area contributed by atoms with Crippen molar-refractivity contribution in [1.29, 1.82) is 0 Å². The first-order valence-corrected chi connectivity index (χ1v) is 8.80. The monoisotopic (exact) mass is 250 g/mol.